The zero-order chi connectivity index (χ0) is 18.0. The van der Waals surface area contributed by atoms with Gasteiger partial charge < -0.3 is 14.5 Å². The van der Waals surface area contributed by atoms with Crippen molar-refractivity contribution in [2.45, 2.75) is 20.8 Å². The van der Waals surface area contributed by atoms with E-state index in [2.05, 4.69) is 5.32 Å². The topological polar surface area (TPSA) is 51.5 Å². The molecule has 0 radical (unpaired) electrons. The Morgan fingerprint density at radius 1 is 1.16 bits per heavy atom. The lowest BCUT2D eigenvalue weighted by Crippen LogP contribution is -2.08. The molecule has 1 N–H and O–H groups in total. The van der Waals surface area contributed by atoms with Gasteiger partial charge >= 0.3 is 0 Å². The van der Waals surface area contributed by atoms with E-state index in [1.54, 1.807) is 19.4 Å². The van der Waals surface area contributed by atoms with Crippen LogP contribution in [0.1, 0.15) is 23.6 Å². The maximum atomic E-state index is 12.3. The molecule has 0 bridgehead atoms. The lowest BCUT2D eigenvalue weighted by atomic mass is 10.0. The molecule has 25 heavy (non-hydrogen) atoms. The average Bonchev–Trinajstić information content (AvgIpc) is 2.96. The van der Waals surface area contributed by atoms with Crippen LogP contribution in [0.4, 0.5) is 5.69 Å². The average molecular weight is 335 g/mol. The summed E-state index contributed by atoms with van der Waals surface area (Å²) in [6.45, 7) is 5.90. The molecular formula is C21H21NO3. The van der Waals surface area contributed by atoms with E-state index in [1.165, 1.54) is 0 Å². The van der Waals surface area contributed by atoms with Crippen molar-refractivity contribution in [2.24, 2.45) is 0 Å². The number of benzene rings is 2. The Morgan fingerprint density at radius 3 is 2.56 bits per heavy atom. The number of aryl methyl sites for hydroxylation is 2. The molecule has 0 spiro atoms. The van der Waals surface area contributed by atoms with Crippen molar-refractivity contribution in [1.29, 1.82) is 0 Å². The Hall–Kier alpha value is -3.01. The van der Waals surface area contributed by atoms with Crippen molar-refractivity contribution >= 4 is 28.1 Å². The van der Waals surface area contributed by atoms with E-state index in [4.69, 9.17) is 9.15 Å². The predicted octanol–water partition coefficient (Wildman–Crippen LogP) is 5.10. The van der Waals surface area contributed by atoms with Crippen LogP contribution >= 0.6 is 0 Å². The summed E-state index contributed by atoms with van der Waals surface area (Å²) in [4.78, 5) is 12.3. The summed E-state index contributed by atoms with van der Waals surface area (Å²) in [6, 6.07) is 11.6. The summed E-state index contributed by atoms with van der Waals surface area (Å²) in [5.74, 6) is 0.506. The van der Waals surface area contributed by atoms with Crippen molar-refractivity contribution in [2.75, 3.05) is 12.4 Å². The fourth-order valence-electron chi connectivity index (χ4n) is 2.75. The van der Waals surface area contributed by atoms with Gasteiger partial charge in [0.05, 0.1) is 13.4 Å². The van der Waals surface area contributed by atoms with Gasteiger partial charge in [0.1, 0.15) is 11.3 Å². The van der Waals surface area contributed by atoms with E-state index < -0.39 is 0 Å². The van der Waals surface area contributed by atoms with E-state index in [-0.39, 0.29) is 5.91 Å². The number of hydrogen-bond acceptors (Lipinski definition) is 3. The van der Waals surface area contributed by atoms with Gasteiger partial charge in [-0.1, -0.05) is 17.7 Å². The summed E-state index contributed by atoms with van der Waals surface area (Å²) in [5, 5.41) is 3.89. The molecule has 0 aliphatic heterocycles. The van der Waals surface area contributed by atoms with E-state index in [1.807, 2.05) is 57.2 Å². The molecule has 3 rings (SSSR count). The molecule has 0 saturated carbocycles. The standard InChI is InChI=1S/C21H21NO3/c1-13-5-7-16(8-6-13)22-21(23)9-14(2)17-10-18-15(3)12-25-20(18)11-19(17)24-4/h5-12H,1-4H3,(H,22,23)/b14-9+. The molecule has 0 saturated heterocycles. The molecule has 1 amide bonds. The van der Waals surface area contributed by atoms with Crippen LogP contribution in [-0.2, 0) is 4.79 Å². The number of furan rings is 1. The Kier molecular flexibility index (Phi) is 4.61. The van der Waals surface area contributed by atoms with Gasteiger partial charge in [0.2, 0.25) is 5.91 Å². The molecule has 0 atom stereocenters. The second-order valence-electron chi connectivity index (χ2n) is 6.15. The summed E-state index contributed by atoms with van der Waals surface area (Å²) < 4.78 is 11.0. The minimum absolute atomic E-state index is 0.174. The first kappa shape index (κ1) is 16.8. The van der Waals surface area contributed by atoms with Crippen LogP contribution in [0.25, 0.3) is 16.5 Å². The summed E-state index contributed by atoms with van der Waals surface area (Å²) in [6.07, 6.45) is 3.30. The van der Waals surface area contributed by atoms with Gasteiger partial charge in [0.25, 0.3) is 0 Å². The molecule has 2 aromatic carbocycles. The minimum atomic E-state index is -0.174. The smallest absolute Gasteiger partial charge is 0.248 e. The van der Waals surface area contributed by atoms with E-state index >= 15 is 0 Å². The Morgan fingerprint density at radius 2 is 1.88 bits per heavy atom. The van der Waals surface area contributed by atoms with Crippen LogP contribution in [0.15, 0.2) is 53.2 Å². The quantitative estimate of drug-likeness (QED) is 0.675. The SMILES string of the molecule is COc1cc2occ(C)c2cc1/C(C)=C/C(=O)Nc1ccc(C)cc1. The molecule has 1 aromatic heterocycles. The van der Waals surface area contributed by atoms with E-state index in [0.717, 1.165) is 38.9 Å². The molecule has 0 unspecified atom stereocenters. The molecular weight excluding hydrogens is 314 g/mol. The van der Waals surface area contributed by atoms with E-state index in [9.17, 15) is 4.79 Å². The first-order valence-corrected chi connectivity index (χ1v) is 8.10. The molecule has 3 aromatic rings. The third-order valence-electron chi connectivity index (χ3n) is 4.18. The van der Waals surface area contributed by atoms with Gasteiger partial charge in [-0.15, -0.1) is 0 Å². The van der Waals surface area contributed by atoms with Crippen molar-refractivity contribution < 1.29 is 13.9 Å². The number of anilines is 1. The lowest BCUT2D eigenvalue weighted by molar-refractivity contribution is -0.111. The second kappa shape index (κ2) is 6.85. The van der Waals surface area contributed by atoms with E-state index in [0.29, 0.717) is 5.75 Å². The normalized spacial score (nSPS) is 11.6. The Labute approximate surface area is 147 Å². The van der Waals surface area contributed by atoms with Gasteiger partial charge in [-0.2, -0.15) is 0 Å². The molecule has 4 nitrogen and oxygen atoms in total. The number of amides is 1. The zero-order valence-corrected chi connectivity index (χ0v) is 14.8. The lowest BCUT2D eigenvalue weighted by Gasteiger charge is -2.10. The van der Waals surface area contributed by atoms with Crippen molar-refractivity contribution in [1.82, 2.24) is 0 Å². The largest absolute Gasteiger partial charge is 0.496 e. The number of nitrogens with one attached hydrogen (secondary N) is 1. The second-order valence-corrected chi connectivity index (χ2v) is 6.15. The van der Waals surface area contributed by atoms with Crippen molar-refractivity contribution in [3.05, 3.63) is 65.4 Å². The number of ether oxygens (including phenoxy) is 1. The third-order valence-corrected chi connectivity index (χ3v) is 4.18. The summed E-state index contributed by atoms with van der Waals surface area (Å²) in [7, 11) is 1.61. The maximum Gasteiger partial charge on any atom is 0.248 e. The molecule has 0 aliphatic carbocycles. The monoisotopic (exact) mass is 335 g/mol. The molecule has 4 heteroatoms. The van der Waals surface area contributed by atoms with Crippen LogP contribution in [-0.4, -0.2) is 13.0 Å². The number of allylic oxidation sites excluding steroid dienone is 1. The van der Waals surface area contributed by atoms with Crippen LogP contribution in [0.5, 0.6) is 5.75 Å². The highest BCUT2D eigenvalue weighted by molar-refractivity contribution is 6.04. The highest BCUT2D eigenvalue weighted by Crippen LogP contribution is 2.33. The number of fused-ring (bicyclic) bond motifs is 1. The number of hydrogen-bond donors (Lipinski definition) is 1. The summed E-state index contributed by atoms with van der Waals surface area (Å²) >= 11 is 0. The third kappa shape index (κ3) is 3.58. The van der Waals surface area contributed by atoms with Crippen LogP contribution in [0.3, 0.4) is 0 Å². The van der Waals surface area contributed by atoms with Gasteiger partial charge in [-0.3, -0.25) is 4.79 Å². The highest BCUT2D eigenvalue weighted by atomic mass is 16.5. The number of methoxy groups -OCH3 is 1. The maximum absolute atomic E-state index is 12.3. The van der Waals surface area contributed by atoms with Gasteiger partial charge in [0.15, 0.2) is 0 Å². The first-order valence-electron chi connectivity index (χ1n) is 8.10. The Balaban J connectivity index is 1.90. The van der Waals surface area contributed by atoms with Crippen molar-refractivity contribution in [3.63, 3.8) is 0 Å². The number of carbonyl (C=O) groups excluding carboxylic acids is 1. The van der Waals surface area contributed by atoms with Gasteiger partial charge in [0, 0.05) is 28.8 Å². The molecule has 0 fully saturated rings. The summed E-state index contributed by atoms with van der Waals surface area (Å²) in [5.41, 5.74) is 5.44. The van der Waals surface area contributed by atoms with Crippen LogP contribution < -0.4 is 10.1 Å². The van der Waals surface area contributed by atoms with Crippen molar-refractivity contribution in [3.8, 4) is 5.75 Å². The van der Waals surface area contributed by atoms with Crippen LogP contribution in [0.2, 0.25) is 0 Å². The minimum Gasteiger partial charge on any atom is -0.496 e. The van der Waals surface area contributed by atoms with Crippen LogP contribution in [0, 0.1) is 13.8 Å². The number of rotatable bonds is 4. The predicted molar refractivity (Wildman–Crippen MR) is 101 cm³/mol. The van der Waals surface area contributed by atoms with Gasteiger partial charge in [-0.25, -0.2) is 0 Å². The fraction of sp³-hybridized carbons (Fsp3) is 0.190. The molecule has 0 aliphatic rings. The Bertz CT molecular complexity index is 949. The molecule has 1 heterocycles. The first-order chi connectivity index (χ1) is 12.0. The zero-order valence-electron chi connectivity index (χ0n) is 14.8. The fourth-order valence-corrected chi connectivity index (χ4v) is 2.75. The highest BCUT2D eigenvalue weighted by Gasteiger charge is 2.12. The molecule has 128 valence electrons. The van der Waals surface area contributed by atoms with Gasteiger partial charge in [-0.05, 0) is 50.1 Å². The number of carbonyl (C=O) groups is 1.